The standard InChI is InChI=1S/C11H12BrN3/c12-9-5-8-7-13-14-10(8)6-11(9)15-3-1-2-4-15/h5-7H,1-4H2,(H,13,14). The van der Waals surface area contributed by atoms with E-state index in [-0.39, 0.29) is 0 Å². The number of benzene rings is 1. The fraction of sp³-hybridized carbons (Fsp3) is 0.364. The molecule has 1 aliphatic rings. The van der Waals surface area contributed by atoms with Gasteiger partial charge in [0.05, 0.1) is 17.4 Å². The molecule has 4 heteroatoms. The molecule has 1 aromatic carbocycles. The second kappa shape index (κ2) is 3.52. The number of rotatable bonds is 1. The quantitative estimate of drug-likeness (QED) is 0.860. The summed E-state index contributed by atoms with van der Waals surface area (Å²) in [5.41, 5.74) is 2.39. The van der Waals surface area contributed by atoms with Crippen LogP contribution < -0.4 is 4.90 Å². The van der Waals surface area contributed by atoms with Gasteiger partial charge in [0.2, 0.25) is 0 Å². The lowest BCUT2D eigenvalue weighted by atomic mass is 10.2. The highest BCUT2D eigenvalue weighted by atomic mass is 79.9. The molecular formula is C11H12BrN3. The SMILES string of the molecule is Brc1cc2cn[nH]c2cc1N1CCCC1. The summed E-state index contributed by atoms with van der Waals surface area (Å²) >= 11 is 3.63. The van der Waals surface area contributed by atoms with Crippen molar-refractivity contribution in [3.05, 3.63) is 22.8 Å². The Morgan fingerprint density at radius 2 is 2.07 bits per heavy atom. The van der Waals surface area contributed by atoms with Gasteiger partial charge in [-0.2, -0.15) is 5.10 Å². The van der Waals surface area contributed by atoms with Gasteiger partial charge in [0.15, 0.2) is 0 Å². The Morgan fingerprint density at radius 3 is 2.87 bits per heavy atom. The van der Waals surface area contributed by atoms with Crippen molar-refractivity contribution in [2.75, 3.05) is 18.0 Å². The van der Waals surface area contributed by atoms with Crippen LogP contribution in [0.25, 0.3) is 10.9 Å². The predicted molar refractivity (Wildman–Crippen MR) is 65.2 cm³/mol. The van der Waals surface area contributed by atoms with Crippen LogP contribution in [0.4, 0.5) is 5.69 Å². The molecule has 1 fully saturated rings. The molecule has 0 spiro atoms. The van der Waals surface area contributed by atoms with Gasteiger partial charge in [-0.1, -0.05) is 0 Å². The van der Waals surface area contributed by atoms with E-state index in [9.17, 15) is 0 Å². The maximum atomic E-state index is 4.05. The molecule has 2 aromatic rings. The van der Waals surface area contributed by atoms with Crippen LogP contribution in [0.15, 0.2) is 22.8 Å². The highest BCUT2D eigenvalue weighted by Crippen LogP contribution is 2.32. The first-order valence-electron chi connectivity index (χ1n) is 5.22. The molecule has 78 valence electrons. The van der Waals surface area contributed by atoms with E-state index in [2.05, 4.69) is 43.2 Å². The third-order valence-corrected chi connectivity index (χ3v) is 3.59. The van der Waals surface area contributed by atoms with Gasteiger partial charge >= 0.3 is 0 Å². The minimum absolute atomic E-state index is 1.11. The normalized spacial score (nSPS) is 16.5. The zero-order valence-electron chi connectivity index (χ0n) is 8.33. The van der Waals surface area contributed by atoms with Crippen LogP contribution in [0, 0.1) is 0 Å². The summed E-state index contributed by atoms with van der Waals surface area (Å²) in [6.45, 7) is 2.33. The van der Waals surface area contributed by atoms with Crippen molar-refractivity contribution < 1.29 is 0 Å². The van der Waals surface area contributed by atoms with Gasteiger partial charge in [0, 0.05) is 22.9 Å². The van der Waals surface area contributed by atoms with Crippen LogP contribution in [0.3, 0.4) is 0 Å². The molecular weight excluding hydrogens is 254 g/mol. The smallest absolute Gasteiger partial charge is 0.0671 e. The van der Waals surface area contributed by atoms with E-state index >= 15 is 0 Å². The van der Waals surface area contributed by atoms with Gasteiger partial charge < -0.3 is 4.90 Å². The second-order valence-corrected chi connectivity index (χ2v) is 4.81. The molecule has 3 rings (SSSR count). The van der Waals surface area contributed by atoms with Crippen LogP contribution >= 0.6 is 15.9 Å². The summed E-state index contributed by atoms with van der Waals surface area (Å²) in [5, 5.41) is 8.22. The molecule has 2 heterocycles. The molecule has 0 amide bonds. The number of hydrogen-bond acceptors (Lipinski definition) is 2. The predicted octanol–water partition coefficient (Wildman–Crippen LogP) is 2.93. The summed E-state index contributed by atoms with van der Waals surface area (Å²) < 4.78 is 1.17. The zero-order valence-corrected chi connectivity index (χ0v) is 9.92. The number of halogens is 1. The van der Waals surface area contributed by atoms with E-state index in [4.69, 9.17) is 0 Å². The number of fused-ring (bicyclic) bond motifs is 1. The summed E-state index contributed by atoms with van der Waals surface area (Å²) in [5.74, 6) is 0. The van der Waals surface area contributed by atoms with E-state index in [0.29, 0.717) is 0 Å². The summed E-state index contributed by atoms with van der Waals surface area (Å²) in [6, 6.07) is 4.31. The van der Waals surface area contributed by atoms with Crippen molar-refractivity contribution in [3.63, 3.8) is 0 Å². The Hall–Kier alpha value is -1.03. The van der Waals surface area contributed by atoms with Crippen LogP contribution in [-0.2, 0) is 0 Å². The number of aromatic nitrogens is 2. The zero-order chi connectivity index (χ0) is 10.3. The topological polar surface area (TPSA) is 31.9 Å². The van der Waals surface area contributed by atoms with E-state index < -0.39 is 0 Å². The van der Waals surface area contributed by atoms with Crippen molar-refractivity contribution >= 4 is 32.5 Å². The number of H-pyrrole nitrogens is 1. The third kappa shape index (κ3) is 1.53. The van der Waals surface area contributed by atoms with E-state index in [1.165, 1.54) is 23.0 Å². The van der Waals surface area contributed by atoms with Gasteiger partial charge in [0.25, 0.3) is 0 Å². The molecule has 3 nitrogen and oxygen atoms in total. The van der Waals surface area contributed by atoms with E-state index in [0.717, 1.165) is 24.0 Å². The van der Waals surface area contributed by atoms with Crippen molar-refractivity contribution in [2.24, 2.45) is 0 Å². The van der Waals surface area contributed by atoms with Crippen molar-refractivity contribution in [3.8, 4) is 0 Å². The summed E-state index contributed by atoms with van der Waals surface area (Å²) in [6.07, 6.45) is 4.45. The Morgan fingerprint density at radius 1 is 1.27 bits per heavy atom. The number of aromatic amines is 1. The highest BCUT2D eigenvalue weighted by Gasteiger charge is 2.15. The van der Waals surface area contributed by atoms with Gasteiger partial charge in [0.1, 0.15) is 0 Å². The second-order valence-electron chi connectivity index (χ2n) is 3.96. The number of anilines is 1. The molecule has 0 aliphatic carbocycles. The maximum Gasteiger partial charge on any atom is 0.0671 e. The fourth-order valence-corrected chi connectivity index (χ4v) is 2.76. The summed E-state index contributed by atoms with van der Waals surface area (Å²) in [7, 11) is 0. The first-order valence-corrected chi connectivity index (χ1v) is 6.01. The average Bonchev–Trinajstić information content (AvgIpc) is 2.85. The van der Waals surface area contributed by atoms with Gasteiger partial charge in [-0.3, -0.25) is 5.10 Å². The molecule has 0 bridgehead atoms. The summed E-state index contributed by atoms with van der Waals surface area (Å²) in [4.78, 5) is 2.42. The molecule has 0 atom stereocenters. The first-order chi connectivity index (χ1) is 7.34. The molecule has 1 saturated heterocycles. The van der Waals surface area contributed by atoms with Crippen LogP contribution in [0.5, 0.6) is 0 Å². The molecule has 0 saturated carbocycles. The van der Waals surface area contributed by atoms with E-state index in [1.54, 1.807) is 0 Å². The maximum absolute atomic E-state index is 4.05. The number of hydrogen-bond donors (Lipinski definition) is 1. The Kier molecular flexibility index (Phi) is 2.16. The Balaban J connectivity index is 2.11. The minimum atomic E-state index is 1.11. The minimum Gasteiger partial charge on any atom is -0.371 e. The molecule has 1 N–H and O–H groups in total. The largest absolute Gasteiger partial charge is 0.371 e. The lowest BCUT2D eigenvalue weighted by molar-refractivity contribution is 0.949. The number of nitrogens with zero attached hydrogens (tertiary/aromatic N) is 2. The molecule has 1 aromatic heterocycles. The van der Waals surface area contributed by atoms with Crippen molar-refractivity contribution in [1.29, 1.82) is 0 Å². The highest BCUT2D eigenvalue weighted by molar-refractivity contribution is 9.10. The van der Waals surface area contributed by atoms with Crippen molar-refractivity contribution in [1.82, 2.24) is 10.2 Å². The Labute approximate surface area is 96.6 Å². The van der Waals surface area contributed by atoms with Gasteiger partial charge in [-0.05, 0) is 40.9 Å². The monoisotopic (exact) mass is 265 g/mol. The van der Waals surface area contributed by atoms with Crippen LogP contribution in [0.1, 0.15) is 12.8 Å². The lowest BCUT2D eigenvalue weighted by Crippen LogP contribution is -2.17. The molecule has 0 unspecified atom stereocenters. The fourth-order valence-electron chi connectivity index (χ4n) is 2.15. The lowest BCUT2D eigenvalue weighted by Gasteiger charge is -2.19. The first kappa shape index (κ1) is 9.21. The van der Waals surface area contributed by atoms with Gasteiger partial charge in [-0.15, -0.1) is 0 Å². The van der Waals surface area contributed by atoms with Crippen molar-refractivity contribution in [2.45, 2.75) is 12.8 Å². The van der Waals surface area contributed by atoms with Crippen LogP contribution in [0.2, 0.25) is 0 Å². The number of nitrogens with one attached hydrogen (secondary N) is 1. The average molecular weight is 266 g/mol. The van der Waals surface area contributed by atoms with Gasteiger partial charge in [-0.25, -0.2) is 0 Å². The third-order valence-electron chi connectivity index (χ3n) is 2.95. The molecule has 15 heavy (non-hydrogen) atoms. The van der Waals surface area contributed by atoms with E-state index in [1.807, 2.05) is 6.20 Å². The molecule has 1 aliphatic heterocycles. The Bertz CT molecular complexity index is 486. The molecule has 0 radical (unpaired) electrons. The van der Waals surface area contributed by atoms with Crippen LogP contribution in [-0.4, -0.2) is 23.3 Å².